The molecule has 1 rings (SSSR count). The first-order chi connectivity index (χ1) is 6.83. The van der Waals surface area contributed by atoms with E-state index in [0.717, 1.165) is 12.5 Å². The van der Waals surface area contributed by atoms with Gasteiger partial charge in [0, 0.05) is 6.61 Å². The van der Waals surface area contributed by atoms with E-state index in [-0.39, 0.29) is 0 Å². The second-order valence-electron chi connectivity index (χ2n) is 4.45. The Labute approximate surface area is 88.4 Å². The molecule has 1 fully saturated rings. The van der Waals surface area contributed by atoms with Gasteiger partial charge < -0.3 is 10.1 Å². The van der Waals surface area contributed by atoms with Crippen LogP contribution in [0.5, 0.6) is 0 Å². The smallest absolute Gasteiger partial charge is 0.0546 e. The zero-order chi connectivity index (χ0) is 10.2. The van der Waals surface area contributed by atoms with Gasteiger partial charge in [-0.2, -0.15) is 0 Å². The summed E-state index contributed by atoms with van der Waals surface area (Å²) in [4.78, 5) is 0. The van der Waals surface area contributed by atoms with E-state index in [1.54, 1.807) is 0 Å². The Morgan fingerprint density at radius 3 is 2.71 bits per heavy atom. The van der Waals surface area contributed by atoms with E-state index in [9.17, 15) is 0 Å². The first kappa shape index (κ1) is 12.0. The summed E-state index contributed by atoms with van der Waals surface area (Å²) in [5.74, 6) is 0.907. The van der Waals surface area contributed by atoms with Crippen molar-refractivity contribution in [1.82, 2.24) is 5.32 Å². The van der Waals surface area contributed by atoms with Crippen molar-refractivity contribution in [3.05, 3.63) is 0 Å². The topological polar surface area (TPSA) is 21.3 Å². The molecule has 0 radical (unpaired) electrons. The van der Waals surface area contributed by atoms with Gasteiger partial charge in [-0.15, -0.1) is 0 Å². The number of hydrogen-bond donors (Lipinski definition) is 1. The highest BCUT2D eigenvalue weighted by molar-refractivity contribution is 4.68. The quantitative estimate of drug-likeness (QED) is 0.710. The molecule has 0 aromatic heterocycles. The van der Waals surface area contributed by atoms with Crippen molar-refractivity contribution in [2.45, 2.75) is 52.1 Å². The lowest BCUT2D eigenvalue weighted by molar-refractivity contribution is 0.0483. The molecule has 84 valence electrons. The molecule has 0 saturated carbocycles. The zero-order valence-corrected chi connectivity index (χ0v) is 9.72. The van der Waals surface area contributed by atoms with Crippen LogP contribution in [0.15, 0.2) is 0 Å². The van der Waals surface area contributed by atoms with Crippen LogP contribution in [0.25, 0.3) is 0 Å². The summed E-state index contributed by atoms with van der Waals surface area (Å²) < 4.78 is 5.76. The third kappa shape index (κ3) is 4.97. The van der Waals surface area contributed by atoms with E-state index < -0.39 is 0 Å². The molecule has 1 saturated heterocycles. The third-order valence-corrected chi connectivity index (χ3v) is 3.08. The minimum Gasteiger partial charge on any atom is -0.378 e. The van der Waals surface area contributed by atoms with Crippen LogP contribution in [0, 0.1) is 5.92 Å². The van der Waals surface area contributed by atoms with E-state index in [1.165, 1.54) is 45.2 Å². The molecule has 1 N–H and O–H groups in total. The summed E-state index contributed by atoms with van der Waals surface area (Å²) in [6.07, 6.45) is 6.83. The minimum absolute atomic E-state index is 0.460. The van der Waals surface area contributed by atoms with Crippen molar-refractivity contribution < 1.29 is 4.74 Å². The fourth-order valence-corrected chi connectivity index (χ4v) is 2.10. The average molecular weight is 199 g/mol. The lowest BCUT2D eigenvalue weighted by atomic mass is 9.95. The Bertz CT molecular complexity index is 132. The van der Waals surface area contributed by atoms with Crippen molar-refractivity contribution in [2.24, 2.45) is 5.92 Å². The molecule has 2 nitrogen and oxygen atoms in total. The van der Waals surface area contributed by atoms with Crippen LogP contribution in [0.2, 0.25) is 0 Å². The molecule has 14 heavy (non-hydrogen) atoms. The molecule has 2 heteroatoms. The van der Waals surface area contributed by atoms with Gasteiger partial charge in [-0.05, 0) is 51.6 Å². The van der Waals surface area contributed by atoms with Gasteiger partial charge in [-0.25, -0.2) is 0 Å². The molecule has 1 aliphatic heterocycles. The van der Waals surface area contributed by atoms with Gasteiger partial charge >= 0.3 is 0 Å². The summed E-state index contributed by atoms with van der Waals surface area (Å²) in [6.45, 7) is 7.77. The molecule has 0 amide bonds. The monoisotopic (exact) mass is 199 g/mol. The van der Waals surface area contributed by atoms with E-state index >= 15 is 0 Å². The second-order valence-corrected chi connectivity index (χ2v) is 4.45. The van der Waals surface area contributed by atoms with Crippen LogP contribution in [0.3, 0.4) is 0 Å². The molecule has 0 spiro atoms. The Morgan fingerprint density at radius 2 is 2.07 bits per heavy atom. The molecule has 1 atom stereocenters. The summed E-state index contributed by atoms with van der Waals surface area (Å²) in [7, 11) is 0. The number of nitrogens with one attached hydrogen (secondary N) is 1. The summed E-state index contributed by atoms with van der Waals surface area (Å²) in [6, 6.07) is 0. The first-order valence-corrected chi connectivity index (χ1v) is 6.15. The SMILES string of the molecule is CCCC(C)OCCC1CCNCC1. The van der Waals surface area contributed by atoms with E-state index in [1.807, 2.05) is 0 Å². The van der Waals surface area contributed by atoms with Crippen molar-refractivity contribution in [3.63, 3.8) is 0 Å². The maximum absolute atomic E-state index is 5.76. The van der Waals surface area contributed by atoms with Gasteiger partial charge in [0.2, 0.25) is 0 Å². The number of ether oxygens (including phenoxy) is 1. The molecule has 1 aliphatic rings. The standard InChI is InChI=1S/C12H25NO/c1-3-4-11(2)14-10-7-12-5-8-13-9-6-12/h11-13H,3-10H2,1-2H3. The fraction of sp³-hybridized carbons (Fsp3) is 1.00. The lowest BCUT2D eigenvalue weighted by Gasteiger charge is -2.23. The first-order valence-electron chi connectivity index (χ1n) is 6.15. The van der Waals surface area contributed by atoms with Crippen molar-refractivity contribution in [3.8, 4) is 0 Å². The van der Waals surface area contributed by atoms with E-state index in [4.69, 9.17) is 4.74 Å². The maximum atomic E-state index is 5.76. The molecule has 1 heterocycles. The highest BCUT2D eigenvalue weighted by Crippen LogP contribution is 2.16. The Morgan fingerprint density at radius 1 is 1.36 bits per heavy atom. The number of rotatable bonds is 6. The van der Waals surface area contributed by atoms with Crippen molar-refractivity contribution in [2.75, 3.05) is 19.7 Å². The molecule has 0 bridgehead atoms. The van der Waals surface area contributed by atoms with Gasteiger partial charge in [0.15, 0.2) is 0 Å². The predicted molar refractivity (Wildman–Crippen MR) is 60.5 cm³/mol. The van der Waals surface area contributed by atoms with Gasteiger partial charge in [-0.1, -0.05) is 13.3 Å². The van der Waals surface area contributed by atoms with Crippen LogP contribution in [0.1, 0.15) is 46.0 Å². The highest BCUT2D eigenvalue weighted by Gasteiger charge is 2.12. The van der Waals surface area contributed by atoms with E-state index in [2.05, 4.69) is 19.2 Å². The van der Waals surface area contributed by atoms with Gasteiger partial charge in [0.25, 0.3) is 0 Å². The third-order valence-electron chi connectivity index (χ3n) is 3.08. The van der Waals surface area contributed by atoms with Gasteiger partial charge in [0.05, 0.1) is 6.10 Å². The molecular formula is C12H25NO. The van der Waals surface area contributed by atoms with E-state index in [0.29, 0.717) is 6.10 Å². The zero-order valence-electron chi connectivity index (χ0n) is 9.72. The minimum atomic E-state index is 0.460. The summed E-state index contributed by atoms with van der Waals surface area (Å²) >= 11 is 0. The Hall–Kier alpha value is -0.0800. The summed E-state index contributed by atoms with van der Waals surface area (Å²) in [5, 5.41) is 3.39. The lowest BCUT2D eigenvalue weighted by Crippen LogP contribution is -2.28. The molecule has 0 aliphatic carbocycles. The predicted octanol–water partition coefficient (Wildman–Crippen LogP) is 2.58. The number of hydrogen-bond acceptors (Lipinski definition) is 2. The molecule has 0 aromatic rings. The fourth-order valence-electron chi connectivity index (χ4n) is 2.10. The molecular weight excluding hydrogens is 174 g/mol. The Kier molecular flexibility index (Phi) is 6.20. The summed E-state index contributed by atoms with van der Waals surface area (Å²) in [5.41, 5.74) is 0. The molecule has 0 aromatic carbocycles. The number of piperidine rings is 1. The van der Waals surface area contributed by atoms with Crippen LogP contribution in [0.4, 0.5) is 0 Å². The normalized spacial score (nSPS) is 21.0. The van der Waals surface area contributed by atoms with Crippen LogP contribution in [-0.4, -0.2) is 25.8 Å². The maximum Gasteiger partial charge on any atom is 0.0546 e. The highest BCUT2D eigenvalue weighted by atomic mass is 16.5. The van der Waals surface area contributed by atoms with Crippen LogP contribution < -0.4 is 5.32 Å². The van der Waals surface area contributed by atoms with Crippen LogP contribution >= 0.6 is 0 Å². The van der Waals surface area contributed by atoms with Gasteiger partial charge in [0.1, 0.15) is 0 Å². The van der Waals surface area contributed by atoms with Crippen molar-refractivity contribution in [1.29, 1.82) is 0 Å². The molecule has 1 unspecified atom stereocenters. The van der Waals surface area contributed by atoms with Crippen LogP contribution in [-0.2, 0) is 4.74 Å². The largest absolute Gasteiger partial charge is 0.378 e. The van der Waals surface area contributed by atoms with Crippen molar-refractivity contribution >= 4 is 0 Å². The second kappa shape index (κ2) is 7.24. The van der Waals surface area contributed by atoms with Gasteiger partial charge in [-0.3, -0.25) is 0 Å². The average Bonchev–Trinajstić information content (AvgIpc) is 2.20. The Balaban J connectivity index is 1.96.